The molecule has 7 heteroatoms. The molecule has 1 aromatic heterocycles. The Morgan fingerprint density at radius 2 is 1.83 bits per heavy atom. The predicted octanol–water partition coefficient (Wildman–Crippen LogP) is 3.44. The van der Waals surface area contributed by atoms with Gasteiger partial charge >= 0.3 is 11.7 Å². The van der Waals surface area contributed by atoms with Crippen LogP contribution in [0, 0.1) is 0 Å². The van der Waals surface area contributed by atoms with Gasteiger partial charge in [0.15, 0.2) is 0 Å². The van der Waals surface area contributed by atoms with Crippen LogP contribution in [0.4, 0.5) is 4.79 Å². The molecule has 7 nitrogen and oxygen atoms in total. The number of amides is 1. The zero-order valence-corrected chi connectivity index (χ0v) is 16.8. The number of phenolic OH excluding ortho intramolecular Hbond substituents is 1. The first-order valence-corrected chi connectivity index (χ1v) is 10.0. The molecule has 0 radical (unpaired) electrons. The molecule has 0 spiro atoms. The van der Waals surface area contributed by atoms with E-state index in [4.69, 9.17) is 9.15 Å². The normalized spacial score (nSPS) is 14.8. The maximum Gasteiger partial charge on any atom is 0.409 e. The van der Waals surface area contributed by atoms with Crippen molar-refractivity contribution in [2.24, 2.45) is 0 Å². The fraction of sp³-hybridized carbons (Fsp3) is 0.304. The monoisotopic (exact) mass is 408 g/mol. The number of phenols is 1. The number of piperazine rings is 1. The first kappa shape index (κ1) is 20.0. The quantitative estimate of drug-likeness (QED) is 0.666. The van der Waals surface area contributed by atoms with E-state index in [-0.39, 0.29) is 11.8 Å². The van der Waals surface area contributed by atoms with E-state index in [0.29, 0.717) is 56.0 Å². The van der Waals surface area contributed by atoms with Crippen LogP contribution < -0.4 is 5.63 Å². The minimum atomic E-state index is -0.437. The number of nitrogens with zero attached hydrogens (tertiary/aromatic N) is 2. The van der Waals surface area contributed by atoms with E-state index in [1.54, 1.807) is 30.0 Å². The summed E-state index contributed by atoms with van der Waals surface area (Å²) in [7, 11) is 0. The molecule has 0 aliphatic carbocycles. The molecule has 0 bridgehead atoms. The van der Waals surface area contributed by atoms with Crippen molar-refractivity contribution in [3.63, 3.8) is 0 Å². The average Bonchev–Trinajstić information content (AvgIpc) is 2.77. The van der Waals surface area contributed by atoms with Crippen LogP contribution >= 0.6 is 0 Å². The van der Waals surface area contributed by atoms with E-state index >= 15 is 0 Å². The van der Waals surface area contributed by atoms with E-state index in [2.05, 4.69) is 4.90 Å². The molecule has 0 saturated carbocycles. The minimum absolute atomic E-state index is 0.0888. The van der Waals surface area contributed by atoms with Crippen LogP contribution in [0.5, 0.6) is 5.75 Å². The molecule has 1 N–H and O–H groups in total. The Kier molecular flexibility index (Phi) is 5.72. The summed E-state index contributed by atoms with van der Waals surface area (Å²) in [6, 6.07) is 14.5. The van der Waals surface area contributed by atoms with Gasteiger partial charge in [0.1, 0.15) is 11.3 Å². The van der Waals surface area contributed by atoms with E-state index in [1.165, 1.54) is 0 Å². The van der Waals surface area contributed by atoms with Crippen LogP contribution in [-0.2, 0) is 11.3 Å². The van der Waals surface area contributed by atoms with E-state index in [0.717, 1.165) is 10.9 Å². The number of fused-ring (bicyclic) bond motifs is 1. The maximum atomic E-state index is 12.6. The highest BCUT2D eigenvalue weighted by Crippen LogP contribution is 2.30. The number of carbonyl (C=O) groups excluding carboxylic acids is 1. The third kappa shape index (κ3) is 4.02. The van der Waals surface area contributed by atoms with Crippen molar-refractivity contribution in [1.29, 1.82) is 0 Å². The van der Waals surface area contributed by atoms with Crippen LogP contribution in [-0.4, -0.2) is 53.8 Å². The molecule has 4 rings (SSSR count). The van der Waals surface area contributed by atoms with Crippen molar-refractivity contribution in [3.8, 4) is 16.9 Å². The van der Waals surface area contributed by atoms with Crippen LogP contribution in [0.25, 0.3) is 22.1 Å². The van der Waals surface area contributed by atoms with Crippen molar-refractivity contribution < 1.29 is 19.1 Å². The summed E-state index contributed by atoms with van der Waals surface area (Å²) in [5, 5.41) is 11.2. The molecule has 1 aliphatic rings. The Hall–Kier alpha value is -3.32. The number of aromatic hydroxyl groups is 1. The molecule has 1 aliphatic heterocycles. The van der Waals surface area contributed by atoms with Gasteiger partial charge in [-0.2, -0.15) is 0 Å². The van der Waals surface area contributed by atoms with Crippen LogP contribution in [0.2, 0.25) is 0 Å². The number of hydrogen-bond acceptors (Lipinski definition) is 6. The van der Waals surface area contributed by atoms with Gasteiger partial charge in [0.25, 0.3) is 0 Å². The average molecular weight is 408 g/mol. The standard InChI is InChI=1S/C23H24N2O5/c1-2-29-23(28)25-12-10-24(11-13-25)15-19-20(26)9-8-17-14-18(22(27)30-21(17)19)16-6-4-3-5-7-16/h3-9,14,26H,2,10-13,15H2,1H3. The second kappa shape index (κ2) is 8.59. The molecule has 156 valence electrons. The highest BCUT2D eigenvalue weighted by Gasteiger charge is 2.24. The second-order valence-corrected chi connectivity index (χ2v) is 7.26. The third-order valence-corrected chi connectivity index (χ3v) is 5.35. The highest BCUT2D eigenvalue weighted by atomic mass is 16.6. The molecule has 2 heterocycles. The molecule has 1 saturated heterocycles. The lowest BCUT2D eigenvalue weighted by atomic mass is 10.0. The first-order valence-electron chi connectivity index (χ1n) is 10.0. The van der Waals surface area contributed by atoms with Gasteiger partial charge in [-0.25, -0.2) is 9.59 Å². The smallest absolute Gasteiger partial charge is 0.409 e. The minimum Gasteiger partial charge on any atom is -0.507 e. The lowest BCUT2D eigenvalue weighted by Gasteiger charge is -2.34. The van der Waals surface area contributed by atoms with Crippen molar-refractivity contribution in [1.82, 2.24) is 9.80 Å². The van der Waals surface area contributed by atoms with Crippen LogP contribution in [0.15, 0.2) is 57.7 Å². The lowest BCUT2D eigenvalue weighted by molar-refractivity contribution is 0.0776. The summed E-state index contributed by atoms with van der Waals surface area (Å²) in [6.07, 6.45) is -0.301. The fourth-order valence-corrected chi connectivity index (χ4v) is 3.73. The van der Waals surface area contributed by atoms with Crippen LogP contribution in [0.3, 0.4) is 0 Å². The molecule has 1 fully saturated rings. The van der Waals surface area contributed by atoms with E-state index in [9.17, 15) is 14.7 Å². The zero-order chi connectivity index (χ0) is 21.1. The fourth-order valence-electron chi connectivity index (χ4n) is 3.73. The third-order valence-electron chi connectivity index (χ3n) is 5.35. The summed E-state index contributed by atoms with van der Waals surface area (Å²) in [5.41, 5.74) is 1.81. The van der Waals surface area contributed by atoms with Gasteiger partial charge in [-0.3, -0.25) is 4.90 Å². The molecule has 3 aromatic rings. The van der Waals surface area contributed by atoms with Crippen molar-refractivity contribution >= 4 is 17.1 Å². The van der Waals surface area contributed by atoms with Gasteiger partial charge in [0.2, 0.25) is 0 Å². The van der Waals surface area contributed by atoms with Gasteiger partial charge in [0, 0.05) is 38.1 Å². The molecule has 1 amide bonds. The largest absolute Gasteiger partial charge is 0.507 e. The van der Waals surface area contributed by atoms with Gasteiger partial charge in [0.05, 0.1) is 17.7 Å². The highest BCUT2D eigenvalue weighted by molar-refractivity contribution is 5.85. The first-order chi connectivity index (χ1) is 14.6. The molecular formula is C23H24N2O5. The van der Waals surface area contributed by atoms with Crippen molar-refractivity contribution in [3.05, 3.63) is 64.5 Å². The summed E-state index contributed by atoms with van der Waals surface area (Å²) < 4.78 is 10.7. The Morgan fingerprint density at radius 1 is 1.10 bits per heavy atom. The number of benzene rings is 2. The predicted molar refractivity (Wildman–Crippen MR) is 113 cm³/mol. The molecule has 2 aromatic carbocycles. The Morgan fingerprint density at radius 3 is 2.53 bits per heavy atom. The number of rotatable bonds is 4. The summed E-state index contributed by atoms with van der Waals surface area (Å²) >= 11 is 0. The van der Waals surface area contributed by atoms with E-state index in [1.807, 2.05) is 30.3 Å². The topological polar surface area (TPSA) is 83.2 Å². The summed E-state index contributed by atoms with van der Waals surface area (Å²) in [6.45, 7) is 4.94. The van der Waals surface area contributed by atoms with Crippen molar-refractivity contribution in [2.45, 2.75) is 13.5 Å². The zero-order valence-electron chi connectivity index (χ0n) is 16.8. The molecule has 0 unspecified atom stereocenters. The summed E-state index contributed by atoms with van der Waals surface area (Å²) in [5.74, 6) is 0.0888. The van der Waals surface area contributed by atoms with Crippen LogP contribution in [0.1, 0.15) is 12.5 Å². The molecule has 0 atom stereocenters. The van der Waals surface area contributed by atoms with Crippen molar-refractivity contribution in [2.75, 3.05) is 32.8 Å². The number of carbonyl (C=O) groups is 1. The van der Waals surface area contributed by atoms with E-state index < -0.39 is 5.63 Å². The van der Waals surface area contributed by atoms with Gasteiger partial charge < -0.3 is 19.2 Å². The van der Waals surface area contributed by atoms with Gasteiger partial charge in [-0.15, -0.1) is 0 Å². The second-order valence-electron chi connectivity index (χ2n) is 7.26. The molecular weight excluding hydrogens is 384 g/mol. The Bertz CT molecular complexity index is 1100. The number of ether oxygens (including phenoxy) is 1. The van der Waals surface area contributed by atoms with Gasteiger partial charge in [-0.05, 0) is 30.7 Å². The lowest BCUT2D eigenvalue weighted by Crippen LogP contribution is -2.48. The SMILES string of the molecule is CCOC(=O)N1CCN(Cc2c(O)ccc3cc(-c4ccccc4)c(=O)oc23)CC1. The molecule has 30 heavy (non-hydrogen) atoms. The summed E-state index contributed by atoms with van der Waals surface area (Å²) in [4.78, 5) is 28.3. The Labute approximate surface area is 174 Å². The number of hydrogen-bond donors (Lipinski definition) is 1. The maximum absolute atomic E-state index is 12.6. The van der Waals surface area contributed by atoms with Gasteiger partial charge in [-0.1, -0.05) is 30.3 Å². The Balaban J connectivity index is 1.59.